The van der Waals surface area contributed by atoms with E-state index < -0.39 is 6.61 Å². The first kappa shape index (κ1) is 21.3. The molecule has 154 valence electrons. The fraction of sp³-hybridized carbons (Fsp3) is 0.316. The number of alkyl halides is 2. The van der Waals surface area contributed by atoms with Gasteiger partial charge in [-0.2, -0.15) is 8.78 Å². The van der Waals surface area contributed by atoms with E-state index in [0.29, 0.717) is 18.1 Å². The molecule has 3 aromatic rings. The summed E-state index contributed by atoms with van der Waals surface area (Å²) in [4.78, 5) is 13.2. The van der Waals surface area contributed by atoms with Gasteiger partial charge in [0.05, 0.1) is 10.6 Å². The van der Waals surface area contributed by atoms with Crippen LogP contribution < -0.4 is 10.1 Å². The zero-order valence-electron chi connectivity index (χ0n) is 15.7. The second-order valence-electron chi connectivity index (χ2n) is 5.94. The first-order chi connectivity index (χ1) is 14.1. The van der Waals surface area contributed by atoms with Gasteiger partial charge in [-0.25, -0.2) is 0 Å². The van der Waals surface area contributed by atoms with E-state index in [-0.39, 0.29) is 17.4 Å². The van der Waals surface area contributed by atoms with Crippen LogP contribution in [0.2, 0.25) is 0 Å². The van der Waals surface area contributed by atoms with Crippen molar-refractivity contribution in [1.82, 2.24) is 20.1 Å². The molecule has 29 heavy (non-hydrogen) atoms. The number of benzene rings is 1. The summed E-state index contributed by atoms with van der Waals surface area (Å²) in [7, 11) is 0. The Hall–Kier alpha value is -2.46. The van der Waals surface area contributed by atoms with Gasteiger partial charge in [-0.1, -0.05) is 30.0 Å². The second kappa shape index (κ2) is 10.4. The van der Waals surface area contributed by atoms with Crippen molar-refractivity contribution in [2.24, 2.45) is 0 Å². The largest absolute Gasteiger partial charge is 0.435 e. The van der Waals surface area contributed by atoms with Gasteiger partial charge in [0, 0.05) is 13.1 Å². The lowest BCUT2D eigenvalue weighted by Crippen LogP contribution is -2.27. The molecule has 0 radical (unpaired) electrons. The van der Waals surface area contributed by atoms with E-state index in [9.17, 15) is 13.6 Å². The minimum atomic E-state index is -2.84. The van der Waals surface area contributed by atoms with Crippen LogP contribution in [-0.2, 0) is 17.8 Å². The summed E-state index contributed by atoms with van der Waals surface area (Å²) in [5.74, 6) is 1.07. The summed E-state index contributed by atoms with van der Waals surface area (Å²) in [5.41, 5.74) is 0.922. The molecule has 2 heterocycles. The number of hydrogen-bond donors (Lipinski definition) is 1. The summed E-state index contributed by atoms with van der Waals surface area (Å²) in [6.45, 7) is 0.352. The minimum Gasteiger partial charge on any atom is -0.435 e. The molecule has 0 bridgehead atoms. The number of nitrogens with one attached hydrogen (secondary N) is 1. The number of carbonyl (C=O) groups excluding carboxylic acids is 1. The number of amides is 1. The lowest BCUT2D eigenvalue weighted by molar-refractivity contribution is -0.118. The number of thioether (sulfide) groups is 1. The maximum Gasteiger partial charge on any atom is 0.387 e. The van der Waals surface area contributed by atoms with Crippen molar-refractivity contribution in [3.63, 3.8) is 0 Å². The van der Waals surface area contributed by atoms with Crippen LogP contribution in [0, 0.1) is 0 Å². The van der Waals surface area contributed by atoms with Crippen LogP contribution in [0.3, 0.4) is 0 Å². The number of carbonyl (C=O) groups is 1. The SMILES string of the molecule is CCn1c(SCC(=O)NCCc2ccc(OC(F)F)cc2)nnc1-c1cccs1. The molecule has 0 aliphatic rings. The van der Waals surface area contributed by atoms with Crippen LogP contribution in [-0.4, -0.2) is 39.6 Å². The molecule has 0 saturated heterocycles. The van der Waals surface area contributed by atoms with E-state index in [1.54, 1.807) is 23.5 Å². The molecule has 0 aliphatic carbocycles. The molecule has 2 aromatic heterocycles. The van der Waals surface area contributed by atoms with Crippen LogP contribution in [0.4, 0.5) is 8.78 Å². The van der Waals surface area contributed by atoms with Crippen LogP contribution in [0.1, 0.15) is 12.5 Å². The third-order valence-electron chi connectivity index (χ3n) is 3.99. The number of hydrogen-bond acceptors (Lipinski definition) is 6. The van der Waals surface area contributed by atoms with Gasteiger partial charge in [0.15, 0.2) is 11.0 Å². The highest BCUT2D eigenvalue weighted by Crippen LogP contribution is 2.27. The predicted octanol–water partition coefficient (Wildman–Crippen LogP) is 4.08. The highest BCUT2D eigenvalue weighted by molar-refractivity contribution is 7.99. The molecule has 0 aliphatic heterocycles. The fourth-order valence-corrected chi connectivity index (χ4v) is 4.18. The normalized spacial score (nSPS) is 11.0. The summed E-state index contributed by atoms with van der Waals surface area (Å²) in [6.07, 6.45) is 0.596. The van der Waals surface area contributed by atoms with Gasteiger partial charge >= 0.3 is 6.61 Å². The van der Waals surface area contributed by atoms with Crippen LogP contribution in [0.5, 0.6) is 5.75 Å². The molecule has 0 atom stereocenters. The maximum atomic E-state index is 12.1. The number of thiophene rings is 1. The van der Waals surface area contributed by atoms with Crippen molar-refractivity contribution in [2.75, 3.05) is 12.3 Å². The van der Waals surface area contributed by atoms with E-state index in [1.807, 2.05) is 29.0 Å². The molecular weight excluding hydrogens is 418 g/mol. The van der Waals surface area contributed by atoms with Crippen molar-refractivity contribution in [1.29, 1.82) is 0 Å². The smallest absolute Gasteiger partial charge is 0.387 e. The quantitative estimate of drug-likeness (QED) is 0.483. The highest BCUT2D eigenvalue weighted by atomic mass is 32.2. The van der Waals surface area contributed by atoms with Crippen molar-refractivity contribution < 1.29 is 18.3 Å². The van der Waals surface area contributed by atoms with Gasteiger partial charge in [0.1, 0.15) is 5.75 Å². The fourth-order valence-electron chi connectivity index (χ4n) is 2.63. The van der Waals surface area contributed by atoms with Crippen LogP contribution in [0.25, 0.3) is 10.7 Å². The monoisotopic (exact) mass is 438 g/mol. The number of aromatic nitrogens is 3. The summed E-state index contributed by atoms with van der Waals surface area (Å²) < 4.78 is 30.6. The molecule has 6 nitrogen and oxygen atoms in total. The van der Waals surface area contributed by atoms with E-state index in [0.717, 1.165) is 22.8 Å². The highest BCUT2D eigenvalue weighted by Gasteiger charge is 2.15. The molecule has 1 amide bonds. The Balaban J connectivity index is 1.45. The Labute approximate surface area is 175 Å². The number of rotatable bonds is 10. The Morgan fingerprint density at radius 1 is 1.28 bits per heavy atom. The Kier molecular flexibility index (Phi) is 7.59. The standard InChI is InChI=1S/C19H20F2N4O2S2/c1-2-25-17(15-4-3-11-28-15)23-24-19(25)29-12-16(26)22-10-9-13-5-7-14(8-6-13)27-18(20)21/h3-8,11,18H,2,9-10,12H2,1H3,(H,22,26). The maximum absolute atomic E-state index is 12.1. The lowest BCUT2D eigenvalue weighted by atomic mass is 10.1. The summed E-state index contributed by atoms with van der Waals surface area (Å²) in [6, 6.07) is 10.3. The van der Waals surface area contributed by atoms with E-state index in [1.165, 1.54) is 23.9 Å². The van der Waals surface area contributed by atoms with Crippen molar-refractivity contribution in [3.05, 3.63) is 47.3 Å². The second-order valence-corrected chi connectivity index (χ2v) is 7.83. The molecule has 0 saturated carbocycles. The zero-order chi connectivity index (χ0) is 20.6. The first-order valence-electron chi connectivity index (χ1n) is 8.97. The topological polar surface area (TPSA) is 69.0 Å². The Bertz CT molecular complexity index is 915. The third kappa shape index (κ3) is 6.01. The average molecular weight is 439 g/mol. The minimum absolute atomic E-state index is 0.101. The molecule has 0 fully saturated rings. The average Bonchev–Trinajstić information content (AvgIpc) is 3.36. The number of halogens is 2. The lowest BCUT2D eigenvalue weighted by Gasteiger charge is -2.08. The van der Waals surface area contributed by atoms with Crippen molar-refractivity contribution in [3.8, 4) is 16.5 Å². The van der Waals surface area contributed by atoms with Crippen LogP contribution in [0.15, 0.2) is 46.9 Å². The first-order valence-corrected chi connectivity index (χ1v) is 10.8. The van der Waals surface area contributed by atoms with Crippen molar-refractivity contribution >= 4 is 29.0 Å². The number of ether oxygens (including phenoxy) is 1. The molecule has 0 spiro atoms. The molecule has 1 aromatic carbocycles. The Morgan fingerprint density at radius 2 is 2.07 bits per heavy atom. The third-order valence-corrected chi connectivity index (χ3v) is 5.82. The van der Waals surface area contributed by atoms with E-state index >= 15 is 0 Å². The van der Waals surface area contributed by atoms with Gasteiger partial charge in [0.2, 0.25) is 5.91 Å². The molecule has 3 rings (SSSR count). The van der Waals surface area contributed by atoms with Crippen LogP contribution >= 0.6 is 23.1 Å². The summed E-state index contributed by atoms with van der Waals surface area (Å²) >= 11 is 2.95. The molecule has 0 unspecified atom stereocenters. The predicted molar refractivity (Wildman–Crippen MR) is 110 cm³/mol. The van der Waals surface area contributed by atoms with Gasteiger partial charge in [-0.05, 0) is 42.5 Å². The van der Waals surface area contributed by atoms with Gasteiger partial charge < -0.3 is 14.6 Å². The van der Waals surface area contributed by atoms with Gasteiger partial charge in [-0.3, -0.25) is 4.79 Å². The molecular formula is C19H20F2N4O2S2. The molecule has 10 heteroatoms. The van der Waals surface area contributed by atoms with E-state index in [4.69, 9.17) is 0 Å². The van der Waals surface area contributed by atoms with E-state index in [2.05, 4.69) is 20.3 Å². The molecule has 1 N–H and O–H groups in total. The number of nitrogens with zero attached hydrogens (tertiary/aromatic N) is 3. The van der Waals surface area contributed by atoms with Crippen molar-refractivity contribution in [2.45, 2.75) is 31.7 Å². The summed E-state index contributed by atoms with van der Waals surface area (Å²) in [5, 5.41) is 14.0. The van der Waals surface area contributed by atoms with Gasteiger partial charge in [-0.15, -0.1) is 21.5 Å². The van der Waals surface area contributed by atoms with Gasteiger partial charge in [0.25, 0.3) is 0 Å². The Morgan fingerprint density at radius 3 is 2.72 bits per heavy atom. The zero-order valence-corrected chi connectivity index (χ0v) is 17.3.